The van der Waals surface area contributed by atoms with E-state index in [0.29, 0.717) is 17.3 Å². The molecule has 1 fully saturated rings. The lowest BCUT2D eigenvalue weighted by Crippen LogP contribution is -2.27. The Labute approximate surface area is 108 Å². The monoisotopic (exact) mass is 249 g/mol. The molecule has 1 aromatic rings. The Morgan fingerprint density at radius 3 is 2.83 bits per heavy atom. The fourth-order valence-electron chi connectivity index (χ4n) is 3.63. The quantitative estimate of drug-likeness (QED) is 0.873. The van der Waals surface area contributed by atoms with Crippen molar-refractivity contribution in [3.8, 4) is 0 Å². The van der Waals surface area contributed by atoms with Gasteiger partial charge in [0.05, 0.1) is 0 Å². The van der Waals surface area contributed by atoms with Crippen molar-refractivity contribution in [1.82, 2.24) is 14.8 Å². The predicted molar refractivity (Wildman–Crippen MR) is 69.3 cm³/mol. The molecule has 0 spiro atoms. The third-order valence-corrected chi connectivity index (χ3v) is 4.90. The lowest BCUT2D eigenvalue weighted by Gasteiger charge is -2.29. The molecule has 1 aliphatic carbocycles. The van der Waals surface area contributed by atoms with Crippen LogP contribution in [0.25, 0.3) is 0 Å². The van der Waals surface area contributed by atoms with Crippen LogP contribution in [-0.2, 0) is 13.0 Å². The second-order valence-electron chi connectivity index (χ2n) is 6.61. The van der Waals surface area contributed by atoms with E-state index in [4.69, 9.17) is 0 Å². The minimum Gasteiger partial charge on any atom is -0.396 e. The molecule has 4 nitrogen and oxygen atoms in total. The van der Waals surface area contributed by atoms with Crippen molar-refractivity contribution < 1.29 is 5.11 Å². The van der Waals surface area contributed by atoms with Gasteiger partial charge in [-0.15, -0.1) is 10.2 Å². The maximum absolute atomic E-state index is 9.36. The molecular weight excluding hydrogens is 226 g/mol. The first-order valence-electron chi connectivity index (χ1n) is 7.14. The van der Waals surface area contributed by atoms with Gasteiger partial charge in [0.2, 0.25) is 0 Å². The molecule has 100 valence electrons. The number of hydrogen-bond acceptors (Lipinski definition) is 3. The van der Waals surface area contributed by atoms with E-state index in [1.165, 1.54) is 25.1 Å². The first-order chi connectivity index (χ1) is 8.62. The van der Waals surface area contributed by atoms with Crippen LogP contribution in [0.4, 0.5) is 0 Å². The lowest BCUT2D eigenvalue weighted by atomic mass is 9.81. The third kappa shape index (κ3) is 1.87. The summed E-state index contributed by atoms with van der Waals surface area (Å²) in [5.41, 5.74) is 0.343. The largest absolute Gasteiger partial charge is 0.396 e. The molecule has 2 unspecified atom stereocenters. The van der Waals surface area contributed by atoms with Crippen LogP contribution in [0.2, 0.25) is 0 Å². The molecule has 2 aliphatic rings. The van der Waals surface area contributed by atoms with Gasteiger partial charge in [-0.05, 0) is 24.7 Å². The van der Waals surface area contributed by atoms with Crippen molar-refractivity contribution in [3.63, 3.8) is 0 Å². The molecule has 1 saturated carbocycles. The number of aliphatic hydroxyl groups excluding tert-OH is 1. The first-order valence-corrected chi connectivity index (χ1v) is 7.14. The maximum atomic E-state index is 9.36. The molecule has 0 aromatic carbocycles. The van der Waals surface area contributed by atoms with E-state index in [1.807, 2.05) is 0 Å². The standard InChI is InChI=1S/C14H23N3O/c1-14(2)7-3-4-11(14)13-16-15-12-6-5-10(9-18)8-17(12)13/h10-11,18H,3-9H2,1-2H3. The van der Waals surface area contributed by atoms with Crippen molar-refractivity contribution in [2.24, 2.45) is 11.3 Å². The summed E-state index contributed by atoms with van der Waals surface area (Å²) in [7, 11) is 0. The summed E-state index contributed by atoms with van der Waals surface area (Å²) in [6.45, 7) is 5.88. The number of fused-ring (bicyclic) bond motifs is 1. The predicted octanol–water partition coefficient (Wildman–Crippen LogP) is 2.13. The summed E-state index contributed by atoms with van der Waals surface area (Å²) in [5.74, 6) is 3.22. The molecule has 2 atom stereocenters. The van der Waals surface area contributed by atoms with Crippen LogP contribution in [-0.4, -0.2) is 26.5 Å². The van der Waals surface area contributed by atoms with Gasteiger partial charge in [-0.1, -0.05) is 20.3 Å². The van der Waals surface area contributed by atoms with Crippen LogP contribution in [0.3, 0.4) is 0 Å². The topological polar surface area (TPSA) is 50.9 Å². The van der Waals surface area contributed by atoms with Gasteiger partial charge >= 0.3 is 0 Å². The fourth-order valence-corrected chi connectivity index (χ4v) is 3.63. The zero-order valence-electron chi connectivity index (χ0n) is 11.4. The molecule has 2 heterocycles. The SMILES string of the molecule is CC1(C)CCCC1c1nnc2n1CC(CO)CC2. The molecule has 0 bridgehead atoms. The van der Waals surface area contributed by atoms with E-state index in [2.05, 4.69) is 28.6 Å². The summed E-state index contributed by atoms with van der Waals surface area (Å²) in [4.78, 5) is 0. The number of aliphatic hydroxyl groups is 1. The van der Waals surface area contributed by atoms with E-state index in [0.717, 1.165) is 25.2 Å². The highest BCUT2D eigenvalue weighted by molar-refractivity contribution is 5.11. The van der Waals surface area contributed by atoms with E-state index in [-0.39, 0.29) is 6.61 Å². The molecule has 0 radical (unpaired) electrons. The van der Waals surface area contributed by atoms with Gasteiger partial charge in [-0.3, -0.25) is 0 Å². The number of rotatable bonds is 2. The molecular formula is C14H23N3O. The molecule has 1 N–H and O–H groups in total. The van der Waals surface area contributed by atoms with Gasteiger partial charge in [0.1, 0.15) is 11.6 Å². The smallest absolute Gasteiger partial charge is 0.136 e. The normalized spacial score (nSPS) is 30.4. The minimum atomic E-state index is 0.283. The number of aromatic nitrogens is 3. The van der Waals surface area contributed by atoms with Crippen molar-refractivity contribution in [2.75, 3.05) is 6.61 Å². The second kappa shape index (κ2) is 4.34. The summed E-state index contributed by atoms with van der Waals surface area (Å²) in [6.07, 6.45) is 5.82. The van der Waals surface area contributed by atoms with Gasteiger partial charge in [0.25, 0.3) is 0 Å². The zero-order chi connectivity index (χ0) is 12.8. The van der Waals surface area contributed by atoms with Crippen LogP contribution in [0, 0.1) is 11.3 Å². The van der Waals surface area contributed by atoms with Crippen molar-refractivity contribution >= 4 is 0 Å². The van der Waals surface area contributed by atoms with Gasteiger partial charge in [-0.2, -0.15) is 0 Å². The Balaban J connectivity index is 1.92. The van der Waals surface area contributed by atoms with E-state index in [1.54, 1.807) is 0 Å². The second-order valence-corrected chi connectivity index (χ2v) is 6.61. The van der Waals surface area contributed by atoms with Gasteiger partial charge in [0, 0.05) is 31.4 Å². The van der Waals surface area contributed by atoms with Crippen LogP contribution < -0.4 is 0 Å². The lowest BCUT2D eigenvalue weighted by molar-refractivity contribution is 0.186. The van der Waals surface area contributed by atoms with Gasteiger partial charge in [0.15, 0.2) is 0 Å². The summed E-state index contributed by atoms with van der Waals surface area (Å²) < 4.78 is 2.29. The molecule has 4 heteroatoms. The van der Waals surface area contributed by atoms with Crippen molar-refractivity contribution in [3.05, 3.63) is 11.6 Å². The highest BCUT2D eigenvalue weighted by Crippen LogP contribution is 2.48. The number of hydrogen-bond donors (Lipinski definition) is 1. The molecule has 0 saturated heterocycles. The van der Waals surface area contributed by atoms with Crippen LogP contribution in [0.5, 0.6) is 0 Å². The zero-order valence-corrected chi connectivity index (χ0v) is 11.4. The number of nitrogens with zero attached hydrogens (tertiary/aromatic N) is 3. The van der Waals surface area contributed by atoms with Gasteiger partial charge < -0.3 is 9.67 Å². The Kier molecular flexibility index (Phi) is 2.93. The number of aryl methyl sites for hydroxylation is 1. The summed E-state index contributed by atoms with van der Waals surface area (Å²) >= 11 is 0. The molecule has 0 amide bonds. The van der Waals surface area contributed by atoms with Gasteiger partial charge in [-0.25, -0.2) is 0 Å². The Morgan fingerprint density at radius 1 is 1.33 bits per heavy atom. The minimum absolute atomic E-state index is 0.283. The molecule has 18 heavy (non-hydrogen) atoms. The highest BCUT2D eigenvalue weighted by Gasteiger charge is 2.39. The average Bonchev–Trinajstić information content (AvgIpc) is 2.90. The molecule has 3 rings (SSSR count). The summed E-state index contributed by atoms with van der Waals surface area (Å²) in [5, 5.41) is 18.2. The van der Waals surface area contributed by atoms with E-state index in [9.17, 15) is 5.11 Å². The average molecular weight is 249 g/mol. The summed E-state index contributed by atoms with van der Waals surface area (Å²) in [6, 6.07) is 0. The Hall–Kier alpha value is -0.900. The Bertz CT molecular complexity index is 438. The van der Waals surface area contributed by atoms with Crippen molar-refractivity contribution in [1.29, 1.82) is 0 Å². The Morgan fingerprint density at radius 2 is 2.17 bits per heavy atom. The first kappa shape index (κ1) is 12.2. The molecule has 1 aromatic heterocycles. The van der Waals surface area contributed by atoms with Crippen LogP contribution in [0.15, 0.2) is 0 Å². The fraction of sp³-hybridized carbons (Fsp3) is 0.857. The highest BCUT2D eigenvalue weighted by atomic mass is 16.3. The molecule has 1 aliphatic heterocycles. The maximum Gasteiger partial charge on any atom is 0.136 e. The van der Waals surface area contributed by atoms with Crippen LogP contribution >= 0.6 is 0 Å². The third-order valence-electron chi connectivity index (χ3n) is 4.90. The van der Waals surface area contributed by atoms with Crippen molar-refractivity contribution in [2.45, 2.75) is 58.4 Å². The van der Waals surface area contributed by atoms with E-state index < -0.39 is 0 Å². The van der Waals surface area contributed by atoms with E-state index >= 15 is 0 Å². The van der Waals surface area contributed by atoms with Crippen LogP contribution in [0.1, 0.15) is 57.1 Å².